The molecular weight excluding hydrogens is 334 g/mol. The summed E-state index contributed by atoms with van der Waals surface area (Å²) in [6, 6.07) is 16.3. The van der Waals surface area contributed by atoms with Crippen molar-refractivity contribution in [2.75, 3.05) is 13.7 Å². The Kier molecular flexibility index (Phi) is 5.95. The molecule has 3 rings (SSSR count). The maximum Gasteiger partial charge on any atom is 0.255 e. The van der Waals surface area contributed by atoms with Gasteiger partial charge in [-0.05, 0) is 24.3 Å². The molecule has 1 amide bonds. The summed E-state index contributed by atoms with van der Waals surface area (Å²) in [5.74, 6) is 1.74. The van der Waals surface area contributed by atoms with Crippen LogP contribution in [0.1, 0.15) is 22.1 Å². The van der Waals surface area contributed by atoms with E-state index in [0.29, 0.717) is 41.8 Å². The monoisotopic (exact) mass is 353 g/mol. The van der Waals surface area contributed by atoms with Gasteiger partial charge in [0.2, 0.25) is 5.89 Å². The Morgan fingerprint density at radius 1 is 1.12 bits per heavy atom. The van der Waals surface area contributed by atoms with Gasteiger partial charge in [0.05, 0.1) is 25.1 Å². The summed E-state index contributed by atoms with van der Waals surface area (Å²) in [4.78, 5) is 16.7. The molecule has 0 fully saturated rings. The second-order valence-corrected chi connectivity index (χ2v) is 5.44. The summed E-state index contributed by atoms with van der Waals surface area (Å²) in [7, 11) is 1.60. The van der Waals surface area contributed by atoms with Crippen molar-refractivity contribution in [2.45, 2.75) is 13.0 Å². The predicted molar refractivity (Wildman–Crippen MR) is 94.0 cm³/mol. The highest BCUT2D eigenvalue weighted by Gasteiger charge is 2.14. The second kappa shape index (κ2) is 8.77. The first-order chi connectivity index (χ1) is 12.8. The molecule has 3 aromatic rings. The van der Waals surface area contributed by atoms with E-state index in [0.717, 1.165) is 0 Å². The Morgan fingerprint density at radius 2 is 1.88 bits per heavy atom. The van der Waals surface area contributed by atoms with Crippen molar-refractivity contribution in [3.05, 3.63) is 71.9 Å². The molecule has 0 bridgehead atoms. The van der Waals surface area contributed by atoms with E-state index in [4.69, 9.17) is 14.0 Å². The number of carbonyl (C=O) groups excluding carboxylic acids is 1. The van der Waals surface area contributed by atoms with E-state index in [-0.39, 0.29) is 12.5 Å². The third-order valence-corrected chi connectivity index (χ3v) is 3.54. The molecule has 0 radical (unpaired) electrons. The van der Waals surface area contributed by atoms with Gasteiger partial charge < -0.3 is 19.3 Å². The zero-order valence-corrected chi connectivity index (χ0v) is 14.3. The standard InChI is InChI=1S/C19H19N3O4/c1-24-12-11-18-21-17(22-26-18)13-20-19(23)15-9-5-6-10-16(15)25-14-7-3-2-4-8-14/h2-10H,11-13H2,1H3,(H,20,23). The van der Waals surface area contributed by atoms with E-state index in [1.807, 2.05) is 36.4 Å². The molecule has 1 N–H and O–H groups in total. The van der Waals surface area contributed by atoms with Crippen LogP contribution in [0.4, 0.5) is 0 Å². The Labute approximate surface area is 150 Å². The number of methoxy groups -OCH3 is 1. The number of ether oxygens (including phenoxy) is 2. The molecule has 134 valence electrons. The average Bonchev–Trinajstić information content (AvgIpc) is 3.13. The molecule has 7 nitrogen and oxygen atoms in total. The first-order valence-corrected chi connectivity index (χ1v) is 8.17. The highest BCUT2D eigenvalue weighted by molar-refractivity contribution is 5.96. The fourth-order valence-corrected chi connectivity index (χ4v) is 2.27. The zero-order valence-electron chi connectivity index (χ0n) is 14.3. The largest absolute Gasteiger partial charge is 0.457 e. The van der Waals surface area contributed by atoms with Crippen molar-refractivity contribution in [3.8, 4) is 11.5 Å². The van der Waals surface area contributed by atoms with E-state index in [1.165, 1.54) is 0 Å². The van der Waals surface area contributed by atoms with Gasteiger partial charge in [-0.3, -0.25) is 4.79 Å². The Balaban J connectivity index is 1.63. The van der Waals surface area contributed by atoms with Crippen LogP contribution in [0.3, 0.4) is 0 Å². The molecular formula is C19H19N3O4. The molecule has 0 atom stereocenters. The number of carbonyl (C=O) groups is 1. The molecule has 0 aliphatic heterocycles. The second-order valence-electron chi connectivity index (χ2n) is 5.44. The van der Waals surface area contributed by atoms with Gasteiger partial charge in [0.1, 0.15) is 11.5 Å². The van der Waals surface area contributed by atoms with Crippen LogP contribution in [0, 0.1) is 0 Å². The lowest BCUT2D eigenvalue weighted by Gasteiger charge is -2.10. The van der Waals surface area contributed by atoms with Crippen molar-refractivity contribution in [1.29, 1.82) is 0 Å². The minimum atomic E-state index is -0.278. The van der Waals surface area contributed by atoms with E-state index in [1.54, 1.807) is 25.3 Å². The minimum Gasteiger partial charge on any atom is -0.457 e. The lowest BCUT2D eigenvalue weighted by atomic mass is 10.2. The molecule has 0 spiro atoms. The quantitative estimate of drug-likeness (QED) is 0.670. The summed E-state index contributed by atoms with van der Waals surface area (Å²) in [6.07, 6.45) is 0.533. The number of aromatic nitrogens is 2. The third-order valence-electron chi connectivity index (χ3n) is 3.54. The Bertz CT molecular complexity index is 849. The molecule has 0 aliphatic carbocycles. The number of benzene rings is 2. The number of nitrogens with one attached hydrogen (secondary N) is 1. The summed E-state index contributed by atoms with van der Waals surface area (Å²) in [5.41, 5.74) is 0.430. The maximum atomic E-state index is 12.5. The topological polar surface area (TPSA) is 86.5 Å². The third kappa shape index (κ3) is 4.67. The van der Waals surface area contributed by atoms with E-state index in [2.05, 4.69) is 15.5 Å². The van der Waals surface area contributed by atoms with E-state index < -0.39 is 0 Å². The number of rotatable bonds is 8. The van der Waals surface area contributed by atoms with E-state index in [9.17, 15) is 4.79 Å². The Hall–Kier alpha value is -3.19. The molecule has 1 heterocycles. The van der Waals surface area contributed by atoms with Gasteiger partial charge in [-0.15, -0.1) is 0 Å². The molecule has 26 heavy (non-hydrogen) atoms. The number of nitrogens with zero attached hydrogens (tertiary/aromatic N) is 2. The maximum absolute atomic E-state index is 12.5. The van der Waals surface area contributed by atoms with Crippen molar-refractivity contribution >= 4 is 5.91 Å². The van der Waals surface area contributed by atoms with Gasteiger partial charge in [-0.1, -0.05) is 35.5 Å². The van der Waals surface area contributed by atoms with Gasteiger partial charge in [-0.25, -0.2) is 0 Å². The molecule has 7 heteroatoms. The average molecular weight is 353 g/mol. The number of hydrogen-bond acceptors (Lipinski definition) is 6. The van der Waals surface area contributed by atoms with Crippen LogP contribution in [-0.4, -0.2) is 29.8 Å². The number of para-hydroxylation sites is 2. The fourth-order valence-electron chi connectivity index (χ4n) is 2.27. The fraction of sp³-hybridized carbons (Fsp3) is 0.211. The lowest BCUT2D eigenvalue weighted by Crippen LogP contribution is -2.23. The van der Waals surface area contributed by atoms with E-state index >= 15 is 0 Å². The van der Waals surface area contributed by atoms with Crippen molar-refractivity contribution < 1.29 is 18.8 Å². The van der Waals surface area contributed by atoms with Gasteiger partial charge in [0.25, 0.3) is 5.91 Å². The normalized spacial score (nSPS) is 10.5. The molecule has 0 saturated heterocycles. The zero-order chi connectivity index (χ0) is 18.2. The van der Waals surface area contributed by atoms with Gasteiger partial charge in [0.15, 0.2) is 5.82 Å². The van der Waals surface area contributed by atoms with Crippen LogP contribution >= 0.6 is 0 Å². The van der Waals surface area contributed by atoms with Crippen LogP contribution in [0.2, 0.25) is 0 Å². The molecule has 1 aromatic heterocycles. The highest BCUT2D eigenvalue weighted by Crippen LogP contribution is 2.24. The molecule has 2 aromatic carbocycles. The lowest BCUT2D eigenvalue weighted by molar-refractivity contribution is 0.0947. The summed E-state index contributed by atoms with van der Waals surface area (Å²) in [6.45, 7) is 0.660. The Morgan fingerprint density at radius 3 is 2.69 bits per heavy atom. The summed E-state index contributed by atoms with van der Waals surface area (Å²) >= 11 is 0. The first-order valence-electron chi connectivity index (χ1n) is 8.17. The minimum absolute atomic E-state index is 0.162. The summed E-state index contributed by atoms with van der Waals surface area (Å²) < 4.78 is 15.9. The number of hydrogen-bond donors (Lipinski definition) is 1. The smallest absolute Gasteiger partial charge is 0.255 e. The van der Waals surface area contributed by atoms with Crippen molar-refractivity contribution in [2.24, 2.45) is 0 Å². The van der Waals surface area contributed by atoms with Crippen molar-refractivity contribution in [3.63, 3.8) is 0 Å². The molecule has 0 aliphatic rings. The number of amides is 1. The highest BCUT2D eigenvalue weighted by atomic mass is 16.5. The summed E-state index contributed by atoms with van der Waals surface area (Å²) in [5, 5.41) is 6.61. The molecule has 0 saturated carbocycles. The molecule has 0 unspecified atom stereocenters. The van der Waals surface area contributed by atoms with Crippen LogP contribution in [0.15, 0.2) is 59.1 Å². The van der Waals surface area contributed by atoms with Crippen molar-refractivity contribution in [1.82, 2.24) is 15.5 Å². The van der Waals surface area contributed by atoms with Gasteiger partial charge in [0, 0.05) is 7.11 Å². The van der Waals surface area contributed by atoms with Gasteiger partial charge >= 0.3 is 0 Å². The van der Waals surface area contributed by atoms with Crippen LogP contribution in [0.5, 0.6) is 11.5 Å². The SMILES string of the molecule is COCCc1nc(CNC(=O)c2ccccc2Oc2ccccc2)no1. The first kappa shape index (κ1) is 17.6. The van der Waals surface area contributed by atoms with Crippen LogP contribution in [-0.2, 0) is 17.7 Å². The van der Waals surface area contributed by atoms with Crippen LogP contribution in [0.25, 0.3) is 0 Å². The van der Waals surface area contributed by atoms with Crippen LogP contribution < -0.4 is 10.1 Å². The van der Waals surface area contributed by atoms with Gasteiger partial charge in [-0.2, -0.15) is 4.98 Å². The predicted octanol–water partition coefficient (Wildman–Crippen LogP) is 2.98.